The Bertz CT molecular complexity index is 534. The molecule has 5 nitrogen and oxygen atoms in total. The molecule has 1 saturated heterocycles. The first-order chi connectivity index (χ1) is 11.2. The fourth-order valence-corrected chi connectivity index (χ4v) is 3.53. The Kier molecular flexibility index (Phi) is 5.60. The van der Waals surface area contributed by atoms with Crippen LogP contribution in [0.5, 0.6) is 5.75 Å². The van der Waals surface area contributed by atoms with Crippen LogP contribution in [0.3, 0.4) is 0 Å². The van der Waals surface area contributed by atoms with E-state index in [1.165, 1.54) is 19.3 Å². The lowest BCUT2D eigenvalue weighted by Crippen LogP contribution is -2.51. The third kappa shape index (κ3) is 4.50. The predicted octanol–water partition coefficient (Wildman–Crippen LogP) is 3.62. The Labute approximate surface area is 142 Å². The maximum atomic E-state index is 12.5. The van der Waals surface area contributed by atoms with Gasteiger partial charge in [-0.15, -0.1) is 0 Å². The van der Waals surface area contributed by atoms with Crippen molar-refractivity contribution in [3.8, 4) is 5.75 Å². The molecule has 2 heterocycles. The molecule has 0 radical (unpaired) electrons. The molecule has 3 rings (SSSR count). The maximum absolute atomic E-state index is 12.5. The van der Waals surface area contributed by atoms with Gasteiger partial charge < -0.3 is 15.0 Å². The lowest BCUT2D eigenvalue weighted by atomic mass is 9.96. The van der Waals surface area contributed by atoms with E-state index < -0.39 is 0 Å². The van der Waals surface area contributed by atoms with Gasteiger partial charge in [-0.3, -0.25) is 4.98 Å². The second-order valence-electron chi connectivity index (χ2n) is 6.42. The zero-order valence-corrected chi connectivity index (χ0v) is 14.1. The summed E-state index contributed by atoms with van der Waals surface area (Å²) in [5.41, 5.74) is 0. The first kappa shape index (κ1) is 16.4. The number of amides is 2. The number of ether oxygens (including phenoxy) is 1. The van der Waals surface area contributed by atoms with Crippen molar-refractivity contribution in [1.82, 2.24) is 15.2 Å². The van der Waals surface area contributed by atoms with Crippen LogP contribution in [-0.4, -0.2) is 41.2 Å². The molecule has 0 spiro atoms. The van der Waals surface area contributed by atoms with Crippen LogP contribution >= 0.6 is 11.6 Å². The van der Waals surface area contributed by atoms with E-state index in [0.29, 0.717) is 23.4 Å². The van der Waals surface area contributed by atoms with Gasteiger partial charge in [-0.1, -0.05) is 30.9 Å². The Balaban J connectivity index is 1.53. The van der Waals surface area contributed by atoms with Crippen LogP contribution in [0, 0.1) is 0 Å². The van der Waals surface area contributed by atoms with Gasteiger partial charge in [0.2, 0.25) is 0 Å². The van der Waals surface area contributed by atoms with E-state index in [1.807, 2.05) is 4.90 Å². The Morgan fingerprint density at radius 1 is 1.26 bits per heavy atom. The summed E-state index contributed by atoms with van der Waals surface area (Å²) in [7, 11) is 0. The Hall–Kier alpha value is -1.49. The van der Waals surface area contributed by atoms with Gasteiger partial charge in [0.15, 0.2) is 0 Å². The van der Waals surface area contributed by atoms with Crippen LogP contribution in [0.15, 0.2) is 18.5 Å². The van der Waals surface area contributed by atoms with Crippen LogP contribution in [0.4, 0.5) is 4.79 Å². The summed E-state index contributed by atoms with van der Waals surface area (Å²) in [6.45, 7) is 1.40. The quantitative estimate of drug-likeness (QED) is 0.916. The van der Waals surface area contributed by atoms with E-state index in [-0.39, 0.29) is 12.1 Å². The van der Waals surface area contributed by atoms with Crippen LogP contribution in [0.1, 0.15) is 44.9 Å². The average Bonchev–Trinajstić information content (AvgIpc) is 2.58. The summed E-state index contributed by atoms with van der Waals surface area (Å²) in [5, 5.41) is 3.69. The molecule has 1 aromatic rings. The van der Waals surface area contributed by atoms with E-state index in [2.05, 4.69) is 10.3 Å². The number of pyridine rings is 1. The molecule has 1 aliphatic carbocycles. The van der Waals surface area contributed by atoms with Crippen molar-refractivity contribution in [3.63, 3.8) is 0 Å². The van der Waals surface area contributed by atoms with Gasteiger partial charge in [0.25, 0.3) is 0 Å². The molecule has 0 bridgehead atoms. The molecule has 6 heteroatoms. The third-order valence-corrected chi connectivity index (χ3v) is 4.91. The van der Waals surface area contributed by atoms with Gasteiger partial charge >= 0.3 is 6.03 Å². The molecule has 0 aromatic carbocycles. The molecule has 2 aliphatic rings. The molecule has 126 valence electrons. The van der Waals surface area contributed by atoms with Crippen molar-refractivity contribution in [2.24, 2.45) is 0 Å². The van der Waals surface area contributed by atoms with Crippen LogP contribution in [0.2, 0.25) is 5.02 Å². The number of likely N-dealkylation sites (tertiary alicyclic amines) is 1. The fraction of sp³-hybridized carbons (Fsp3) is 0.647. The van der Waals surface area contributed by atoms with Crippen LogP contribution < -0.4 is 10.1 Å². The average molecular weight is 338 g/mol. The van der Waals surface area contributed by atoms with Gasteiger partial charge in [0.1, 0.15) is 16.9 Å². The normalized spacial score (nSPS) is 22.7. The van der Waals surface area contributed by atoms with Crippen molar-refractivity contribution in [2.45, 2.75) is 57.1 Å². The number of aromatic nitrogens is 1. The molecule has 1 saturated carbocycles. The first-order valence-electron chi connectivity index (χ1n) is 8.54. The lowest BCUT2D eigenvalue weighted by Gasteiger charge is -2.34. The van der Waals surface area contributed by atoms with Gasteiger partial charge in [0, 0.05) is 31.0 Å². The highest BCUT2D eigenvalue weighted by Gasteiger charge is 2.27. The molecular formula is C17H24ClN3O2. The number of hydrogen-bond acceptors (Lipinski definition) is 3. The SMILES string of the molecule is O=C(NC1CCCCC1)N1CCCC(Oc2ccncc2Cl)C1. The molecule has 2 fully saturated rings. The van der Waals surface area contributed by atoms with Crippen molar-refractivity contribution < 1.29 is 9.53 Å². The summed E-state index contributed by atoms with van der Waals surface area (Å²) < 4.78 is 5.96. The number of carbonyl (C=O) groups excluding carboxylic acids is 1. The van der Waals surface area contributed by atoms with Crippen LogP contribution in [-0.2, 0) is 0 Å². The Morgan fingerprint density at radius 3 is 2.87 bits per heavy atom. The maximum Gasteiger partial charge on any atom is 0.317 e. The van der Waals surface area contributed by atoms with Crippen molar-refractivity contribution in [3.05, 3.63) is 23.5 Å². The van der Waals surface area contributed by atoms with E-state index in [0.717, 1.165) is 32.2 Å². The first-order valence-corrected chi connectivity index (χ1v) is 8.92. The minimum Gasteiger partial charge on any atom is -0.487 e. The summed E-state index contributed by atoms with van der Waals surface area (Å²) in [6, 6.07) is 2.15. The number of urea groups is 1. The summed E-state index contributed by atoms with van der Waals surface area (Å²) in [4.78, 5) is 18.3. The van der Waals surface area contributed by atoms with Crippen LogP contribution in [0.25, 0.3) is 0 Å². The highest BCUT2D eigenvalue weighted by Crippen LogP contribution is 2.25. The van der Waals surface area contributed by atoms with E-state index in [1.54, 1.807) is 18.5 Å². The smallest absolute Gasteiger partial charge is 0.317 e. The zero-order chi connectivity index (χ0) is 16.1. The van der Waals surface area contributed by atoms with Crippen molar-refractivity contribution in [1.29, 1.82) is 0 Å². The molecule has 1 aromatic heterocycles. The standard InChI is InChI=1S/C17H24ClN3O2/c18-15-11-19-9-8-16(15)23-14-7-4-10-21(12-14)17(22)20-13-5-2-1-3-6-13/h8-9,11,13-14H,1-7,10,12H2,(H,20,22). The largest absolute Gasteiger partial charge is 0.487 e. The minimum absolute atomic E-state index is 0.0132. The molecule has 1 unspecified atom stereocenters. The second kappa shape index (κ2) is 7.86. The van der Waals surface area contributed by atoms with Gasteiger partial charge in [-0.2, -0.15) is 0 Å². The highest BCUT2D eigenvalue weighted by atomic mass is 35.5. The number of halogens is 1. The van der Waals surface area contributed by atoms with Gasteiger partial charge in [0.05, 0.1) is 6.54 Å². The third-order valence-electron chi connectivity index (χ3n) is 4.63. The van der Waals surface area contributed by atoms with Gasteiger partial charge in [-0.05, 0) is 25.7 Å². The number of nitrogens with zero attached hydrogens (tertiary/aromatic N) is 2. The summed E-state index contributed by atoms with van der Waals surface area (Å²) in [5.74, 6) is 0.640. The molecule has 2 amide bonds. The lowest BCUT2D eigenvalue weighted by molar-refractivity contribution is 0.0994. The molecular weight excluding hydrogens is 314 g/mol. The van der Waals surface area contributed by atoms with Crippen molar-refractivity contribution >= 4 is 17.6 Å². The number of carbonyl (C=O) groups is 1. The zero-order valence-electron chi connectivity index (χ0n) is 13.3. The predicted molar refractivity (Wildman–Crippen MR) is 89.9 cm³/mol. The van der Waals surface area contributed by atoms with Crippen molar-refractivity contribution in [2.75, 3.05) is 13.1 Å². The van der Waals surface area contributed by atoms with Gasteiger partial charge in [-0.25, -0.2) is 4.79 Å². The molecule has 1 atom stereocenters. The molecule has 1 aliphatic heterocycles. The van der Waals surface area contributed by atoms with E-state index >= 15 is 0 Å². The molecule has 23 heavy (non-hydrogen) atoms. The molecule has 1 N–H and O–H groups in total. The topological polar surface area (TPSA) is 54.5 Å². The second-order valence-corrected chi connectivity index (χ2v) is 6.83. The minimum atomic E-state index is -0.0132. The van der Waals surface area contributed by atoms with E-state index in [9.17, 15) is 4.79 Å². The monoisotopic (exact) mass is 337 g/mol. The number of piperidine rings is 1. The fourth-order valence-electron chi connectivity index (χ4n) is 3.37. The Morgan fingerprint density at radius 2 is 2.09 bits per heavy atom. The summed E-state index contributed by atoms with van der Waals surface area (Å²) >= 11 is 6.09. The number of hydrogen-bond donors (Lipinski definition) is 1. The summed E-state index contributed by atoms with van der Waals surface area (Å²) in [6.07, 6.45) is 11.0. The highest BCUT2D eigenvalue weighted by molar-refractivity contribution is 6.31. The number of nitrogens with one attached hydrogen (secondary N) is 1. The number of rotatable bonds is 3. The van der Waals surface area contributed by atoms with E-state index in [4.69, 9.17) is 16.3 Å².